The summed E-state index contributed by atoms with van der Waals surface area (Å²) >= 11 is 0. The summed E-state index contributed by atoms with van der Waals surface area (Å²) in [5.41, 5.74) is 13.8. The summed E-state index contributed by atoms with van der Waals surface area (Å²) in [5.74, 6) is -0.0662. The fourth-order valence-corrected chi connectivity index (χ4v) is 2.26. The Balaban J connectivity index is 2.29. The van der Waals surface area contributed by atoms with Gasteiger partial charge in [0, 0.05) is 6.20 Å². The number of carbonyl (C=O) groups excluding carboxylic acids is 1. The highest BCUT2D eigenvalue weighted by Crippen LogP contribution is 2.26. The number of hydrogen-bond donors (Lipinski definition) is 2. The number of hydrogen-bond acceptors (Lipinski definition) is 6. The van der Waals surface area contributed by atoms with Gasteiger partial charge in [0.15, 0.2) is 5.82 Å². The van der Waals surface area contributed by atoms with E-state index >= 15 is 0 Å². The number of aromatic nitrogens is 3. The van der Waals surface area contributed by atoms with Crippen LogP contribution in [0.15, 0.2) is 36.5 Å². The van der Waals surface area contributed by atoms with Crippen LogP contribution < -0.4 is 11.5 Å². The van der Waals surface area contributed by atoms with Gasteiger partial charge in [-0.25, -0.2) is 9.78 Å². The molecule has 0 fully saturated rings. The van der Waals surface area contributed by atoms with Crippen LogP contribution in [0.1, 0.15) is 10.4 Å². The number of nitrogen functional groups attached to an aromatic ring is 2. The number of fused-ring (bicyclic) bond motifs is 1. The molecule has 0 atom stereocenters. The quantitative estimate of drug-likeness (QED) is 0.687. The molecule has 0 aliphatic heterocycles. The van der Waals surface area contributed by atoms with E-state index < -0.39 is 5.97 Å². The number of carbonyl (C=O) groups is 1. The van der Waals surface area contributed by atoms with E-state index in [0.29, 0.717) is 22.3 Å². The normalized spacial score (nSPS) is 10.7. The lowest BCUT2D eigenvalue weighted by atomic mass is 10.1. The summed E-state index contributed by atoms with van der Waals surface area (Å²) in [7, 11) is 1.34. The van der Waals surface area contributed by atoms with Gasteiger partial charge in [0.25, 0.3) is 0 Å². The smallest absolute Gasteiger partial charge is 0.339 e. The van der Waals surface area contributed by atoms with Crippen LogP contribution >= 0.6 is 0 Å². The van der Waals surface area contributed by atoms with Gasteiger partial charge in [0.2, 0.25) is 5.95 Å². The molecule has 3 rings (SSSR count). The third kappa shape index (κ3) is 2.04. The van der Waals surface area contributed by atoms with Crippen molar-refractivity contribution in [2.75, 3.05) is 18.6 Å². The number of esters is 1. The monoisotopic (exact) mass is 283 g/mol. The Labute approximate surface area is 120 Å². The SMILES string of the molecule is COC(=O)c1ccccc1-n1ccc2nc(N)nc(N)c21. The predicted octanol–water partition coefficient (Wildman–Crippen LogP) is 1.37. The number of nitrogens with two attached hydrogens (primary N) is 2. The Morgan fingerprint density at radius 2 is 1.95 bits per heavy atom. The van der Waals surface area contributed by atoms with Crippen molar-refractivity contribution in [1.82, 2.24) is 14.5 Å². The molecular weight excluding hydrogens is 270 g/mol. The average molecular weight is 283 g/mol. The standard InChI is InChI=1S/C14H13N5O2/c1-21-13(20)8-4-2-3-5-10(8)19-7-6-9-11(19)12(15)18-14(16)17-9/h2-7H,1H3,(H4,15,16,17,18). The number of para-hydroxylation sites is 1. The van der Waals surface area contributed by atoms with Gasteiger partial charge in [-0.3, -0.25) is 0 Å². The maximum absolute atomic E-state index is 11.9. The van der Waals surface area contributed by atoms with E-state index in [9.17, 15) is 4.79 Å². The number of methoxy groups -OCH3 is 1. The van der Waals surface area contributed by atoms with Crippen molar-refractivity contribution in [3.8, 4) is 5.69 Å². The molecule has 4 N–H and O–H groups in total. The number of ether oxygens (including phenoxy) is 1. The summed E-state index contributed by atoms with van der Waals surface area (Å²) in [4.78, 5) is 20.0. The molecule has 0 unspecified atom stereocenters. The molecule has 2 aromatic heterocycles. The molecule has 0 aliphatic rings. The Hall–Kier alpha value is -3.09. The first kappa shape index (κ1) is 12.9. The van der Waals surface area contributed by atoms with Crippen LogP contribution in [0.25, 0.3) is 16.7 Å². The lowest BCUT2D eigenvalue weighted by molar-refractivity contribution is 0.0601. The molecule has 0 spiro atoms. The van der Waals surface area contributed by atoms with E-state index in [0.717, 1.165) is 0 Å². The molecule has 2 heterocycles. The minimum atomic E-state index is -0.428. The fourth-order valence-electron chi connectivity index (χ4n) is 2.26. The zero-order valence-corrected chi connectivity index (χ0v) is 11.3. The zero-order valence-electron chi connectivity index (χ0n) is 11.3. The number of benzene rings is 1. The topological polar surface area (TPSA) is 109 Å². The lowest BCUT2D eigenvalue weighted by Crippen LogP contribution is -2.08. The molecule has 0 bridgehead atoms. The summed E-state index contributed by atoms with van der Waals surface area (Å²) in [6.45, 7) is 0. The second-order valence-electron chi connectivity index (χ2n) is 4.40. The molecule has 0 saturated heterocycles. The first-order chi connectivity index (χ1) is 10.1. The number of rotatable bonds is 2. The zero-order chi connectivity index (χ0) is 15.0. The van der Waals surface area contributed by atoms with Crippen molar-refractivity contribution in [1.29, 1.82) is 0 Å². The minimum absolute atomic E-state index is 0.110. The molecule has 0 saturated carbocycles. The second-order valence-corrected chi connectivity index (χ2v) is 4.40. The summed E-state index contributed by atoms with van der Waals surface area (Å²) < 4.78 is 6.55. The highest BCUT2D eigenvalue weighted by atomic mass is 16.5. The third-order valence-corrected chi connectivity index (χ3v) is 3.15. The van der Waals surface area contributed by atoms with Gasteiger partial charge in [-0.2, -0.15) is 4.98 Å². The Bertz CT molecular complexity index is 840. The first-order valence-electron chi connectivity index (χ1n) is 6.19. The molecule has 0 amide bonds. The van der Waals surface area contributed by atoms with Crippen molar-refractivity contribution in [3.63, 3.8) is 0 Å². The third-order valence-electron chi connectivity index (χ3n) is 3.15. The molecular formula is C14H13N5O2. The Morgan fingerprint density at radius 3 is 2.71 bits per heavy atom. The highest BCUT2D eigenvalue weighted by Gasteiger charge is 2.16. The Kier molecular flexibility index (Phi) is 2.94. The summed E-state index contributed by atoms with van der Waals surface area (Å²) in [5, 5.41) is 0. The van der Waals surface area contributed by atoms with Gasteiger partial charge in [0.05, 0.1) is 23.9 Å². The molecule has 1 aromatic carbocycles. The second kappa shape index (κ2) is 4.78. The van der Waals surface area contributed by atoms with E-state index in [2.05, 4.69) is 9.97 Å². The summed E-state index contributed by atoms with van der Waals surface area (Å²) in [6.07, 6.45) is 1.76. The number of nitrogens with zero attached hydrogens (tertiary/aromatic N) is 3. The minimum Gasteiger partial charge on any atom is -0.465 e. The van der Waals surface area contributed by atoms with E-state index in [1.165, 1.54) is 7.11 Å². The van der Waals surface area contributed by atoms with Gasteiger partial charge < -0.3 is 20.8 Å². The van der Waals surface area contributed by atoms with Crippen LogP contribution in [0.4, 0.5) is 11.8 Å². The van der Waals surface area contributed by atoms with Gasteiger partial charge in [0.1, 0.15) is 5.52 Å². The largest absolute Gasteiger partial charge is 0.465 e. The van der Waals surface area contributed by atoms with Crippen LogP contribution in [0.2, 0.25) is 0 Å². The van der Waals surface area contributed by atoms with E-state index in [-0.39, 0.29) is 11.8 Å². The van der Waals surface area contributed by atoms with Crippen molar-refractivity contribution >= 4 is 28.8 Å². The lowest BCUT2D eigenvalue weighted by Gasteiger charge is -2.11. The van der Waals surface area contributed by atoms with Crippen molar-refractivity contribution < 1.29 is 9.53 Å². The van der Waals surface area contributed by atoms with E-state index in [1.54, 1.807) is 35.0 Å². The van der Waals surface area contributed by atoms with Gasteiger partial charge in [-0.1, -0.05) is 12.1 Å². The van der Waals surface area contributed by atoms with Crippen LogP contribution in [-0.4, -0.2) is 27.6 Å². The molecule has 3 aromatic rings. The van der Waals surface area contributed by atoms with Gasteiger partial charge >= 0.3 is 5.97 Å². The van der Waals surface area contributed by atoms with Crippen molar-refractivity contribution in [3.05, 3.63) is 42.1 Å². The van der Waals surface area contributed by atoms with Crippen LogP contribution in [0, 0.1) is 0 Å². The van der Waals surface area contributed by atoms with E-state index in [1.807, 2.05) is 6.07 Å². The highest BCUT2D eigenvalue weighted by molar-refractivity contribution is 5.95. The number of anilines is 2. The molecule has 7 heteroatoms. The molecule has 0 aliphatic carbocycles. The van der Waals surface area contributed by atoms with Crippen LogP contribution in [0.5, 0.6) is 0 Å². The van der Waals surface area contributed by atoms with Gasteiger partial charge in [-0.05, 0) is 18.2 Å². The predicted molar refractivity (Wildman–Crippen MR) is 79.0 cm³/mol. The van der Waals surface area contributed by atoms with Gasteiger partial charge in [-0.15, -0.1) is 0 Å². The Morgan fingerprint density at radius 1 is 1.19 bits per heavy atom. The van der Waals surface area contributed by atoms with Crippen LogP contribution in [0.3, 0.4) is 0 Å². The average Bonchev–Trinajstić information content (AvgIpc) is 2.90. The molecule has 0 radical (unpaired) electrons. The van der Waals surface area contributed by atoms with Crippen molar-refractivity contribution in [2.24, 2.45) is 0 Å². The first-order valence-corrected chi connectivity index (χ1v) is 6.19. The van der Waals surface area contributed by atoms with E-state index in [4.69, 9.17) is 16.2 Å². The molecule has 106 valence electrons. The maximum Gasteiger partial charge on any atom is 0.339 e. The van der Waals surface area contributed by atoms with Crippen molar-refractivity contribution in [2.45, 2.75) is 0 Å². The molecule has 21 heavy (non-hydrogen) atoms. The maximum atomic E-state index is 11.9. The summed E-state index contributed by atoms with van der Waals surface area (Å²) in [6, 6.07) is 8.82. The van der Waals surface area contributed by atoms with Crippen LogP contribution in [-0.2, 0) is 4.74 Å². The fraction of sp³-hybridized carbons (Fsp3) is 0.0714. The molecule has 7 nitrogen and oxygen atoms in total.